The lowest BCUT2D eigenvalue weighted by Gasteiger charge is -2.33. The summed E-state index contributed by atoms with van der Waals surface area (Å²) >= 11 is 5.99. The Balaban J connectivity index is 1.34. The average molecular weight is 442 g/mol. The molecule has 1 heterocycles. The molecule has 4 nitrogen and oxygen atoms in total. The van der Waals surface area contributed by atoms with Crippen molar-refractivity contribution in [3.63, 3.8) is 0 Å². The van der Waals surface area contributed by atoms with Gasteiger partial charge in [-0.05, 0) is 93.9 Å². The van der Waals surface area contributed by atoms with Crippen LogP contribution in [0.1, 0.15) is 54.6 Å². The Morgan fingerprint density at radius 3 is 2.45 bits per heavy atom. The highest BCUT2D eigenvalue weighted by molar-refractivity contribution is 6.30. The molecule has 1 aliphatic heterocycles. The van der Waals surface area contributed by atoms with Gasteiger partial charge in [-0.2, -0.15) is 0 Å². The second kappa shape index (κ2) is 9.62. The molecular formula is C26H32ClNO3. The first kappa shape index (κ1) is 22.2. The summed E-state index contributed by atoms with van der Waals surface area (Å²) < 4.78 is 11.4. The average Bonchev–Trinajstić information content (AvgIpc) is 3.04. The predicted octanol–water partition coefficient (Wildman–Crippen LogP) is 5.79. The quantitative estimate of drug-likeness (QED) is 0.544. The molecule has 31 heavy (non-hydrogen) atoms. The zero-order chi connectivity index (χ0) is 22.0. The van der Waals surface area contributed by atoms with E-state index in [0.29, 0.717) is 11.7 Å². The lowest BCUT2D eigenvalue weighted by atomic mass is 9.85. The Morgan fingerprint density at radius 2 is 1.81 bits per heavy atom. The number of methoxy groups -OCH3 is 1. The number of Topliss-reactive ketones (excluding diaryl/α,β-unsaturated/α-hetero) is 1. The van der Waals surface area contributed by atoms with E-state index in [1.807, 2.05) is 38.1 Å². The molecule has 0 radical (unpaired) electrons. The van der Waals surface area contributed by atoms with E-state index in [0.717, 1.165) is 67.2 Å². The third kappa shape index (κ3) is 5.24. The number of fused-ring (bicyclic) bond motifs is 1. The zero-order valence-corrected chi connectivity index (χ0v) is 19.5. The highest BCUT2D eigenvalue weighted by atomic mass is 35.5. The van der Waals surface area contributed by atoms with Crippen LogP contribution in [-0.4, -0.2) is 37.0 Å². The van der Waals surface area contributed by atoms with Crippen molar-refractivity contribution in [2.45, 2.75) is 52.2 Å². The van der Waals surface area contributed by atoms with E-state index in [4.69, 9.17) is 21.1 Å². The predicted molar refractivity (Wildman–Crippen MR) is 124 cm³/mol. The number of rotatable bonds is 7. The number of piperidine rings is 1. The van der Waals surface area contributed by atoms with Crippen molar-refractivity contribution in [2.75, 3.05) is 20.2 Å². The Kier molecular flexibility index (Phi) is 6.88. The van der Waals surface area contributed by atoms with Crippen LogP contribution in [0.5, 0.6) is 11.5 Å². The van der Waals surface area contributed by atoms with Crippen LogP contribution in [0.3, 0.4) is 0 Å². The second-order valence-corrected chi connectivity index (χ2v) is 9.61. The van der Waals surface area contributed by atoms with Crippen molar-refractivity contribution in [3.8, 4) is 11.5 Å². The first-order chi connectivity index (χ1) is 14.9. The van der Waals surface area contributed by atoms with Crippen molar-refractivity contribution in [1.29, 1.82) is 0 Å². The molecule has 1 saturated heterocycles. The molecule has 0 amide bonds. The number of ketones is 1. The summed E-state index contributed by atoms with van der Waals surface area (Å²) in [5.74, 6) is 2.35. The summed E-state index contributed by atoms with van der Waals surface area (Å²) in [6.07, 6.45) is 4.14. The molecule has 1 fully saturated rings. The standard InChI is InChI=1S/C26H32ClNO3/c1-17(2)31-25-15-23-20(14-24(25)30-3)13-21(26(23)29)12-18-8-10-28(11-9-18)16-19-4-6-22(27)7-5-19/h4-7,14-15,17-18,21H,8-13,16H2,1-3H3. The maximum absolute atomic E-state index is 13.1. The van der Waals surface area contributed by atoms with Gasteiger partial charge in [0.05, 0.1) is 13.2 Å². The first-order valence-corrected chi connectivity index (χ1v) is 11.7. The molecule has 5 heteroatoms. The van der Waals surface area contributed by atoms with Crippen LogP contribution >= 0.6 is 11.6 Å². The zero-order valence-electron chi connectivity index (χ0n) is 18.7. The fraction of sp³-hybridized carbons (Fsp3) is 0.500. The summed E-state index contributed by atoms with van der Waals surface area (Å²) in [6.45, 7) is 7.10. The van der Waals surface area contributed by atoms with Crippen LogP contribution < -0.4 is 9.47 Å². The molecule has 2 aromatic carbocycles. The van der Waals surface area contributed by atoms with Gasteiger partial charge < -0.3 is 9.47 Å². The monoisotopic (exact) mass is 441 g/mol. The largest absolute Gasteiger partial charge is 0.493 e. The summed E-state index contributed by atoms with van der Waals surface area (Å²) in [4.78, 5) is 15.6. The third-order valence-electron chi connectivity index (χ3n) is 6.50. The number of benzene rings is 2. The lowest BCUT2D eigenvalue weighted by molar-refractivity contribution is 0.0895. The molecule has 0 bridgehead atoms. The molecule has 0 N–H and O–H groups in total. The van der Waals surface area contributed by atoms with E-state index >= 15 is 0 Å². The normalized spacial score (nSPS) is 19.6. The van der Waals surface area contributed by atoms with Gasteiger partial charge in [0.2, 0.25) is 0 Å². The van der Waals surface area contributed by atoms with E-state index in [9.17, 15) is 4.79 Å². The molecule has 1 atom stereocenters. The van der Waals surface area contributed by atoms with Crippen molar-refractivity contribution in [3.05, 3.63) is 58.1 Å². The van der Waals surface area contributed by atoms with Crippen LogP contribution in [0.15, 0.2) is 36.4 Å². The minimum Gasteiger partial charge on any atom is -0.493 e. The molecule has 0 spiro atoms. The molecule has 166 valence electrons. The van der Waals surface area contributed by atoms with E-state index < -0.39 is 0 Å². The number of halogens is 1. The molecule has 4 rings (SSSR count). The van der Waals surface area contributed by atoms with Gasteiger partial charge in [0.1, 0.15) is 0 Å². The molecule has 2 aromatic rings. The van der Waals surface area contributed by atoms with Gasteiger partial charge in [-0.25, -0.2) is 0 Å². The second-order valence-electron chi connectivity index (χ2n) is 9.17. The maximum atomic E-state index is 13.1. The van der Waals surface area contributed by atoms with Crippen LogP contribution in [0.4, 0.5) is 0 Å². The van der Waals surface area contributed by atoms with Crippen molar-refractivity contribution in [1.82, 2.24) is 4.90 Å². The van der Waals surface area contributed by atoms with Crippen molar-refractivity contribution >= 4 is 17.4 Å². The van der Waals surface area contributed by atoms with Crippen molar-refractivity contribution in [2.24, 2.45) is 11.8 Å². The van der Waals surface area contributed by atoms with Gasteiger partial charge >= 0.3 is 0 Å². The highest BCUT2D eigenvalue weighted by Crippen LogP contribution is 2.40. The van der Waals surface area contributed by atoms with E-state index in [1.165, 1.54) is 5.56 Å². The van der Waals surface area contributed by atoms with Gasteiger partial charge in [0.15, 0.2) is 17.3 Å². The number of carbonyl (C=O) groups excluding carboxylic acids is 1. The summed E-state index contributed by atoms with van der Waals surface area (Å²) in [6, 6.07) is 12.0. The Labute approximate surface area is 190 Å². The maximum Gasteiger partial charge on any atom is 0.166 e. The van der Waals surface area contributed by atoms with Gasteiger partial charge in [-0.1, -0.05) is 23.7 Å². The number of hydrogen-bond donors (Lipinski definition) is 0. The molecule has 0 saturated carbocycles. The molecule has 2 aliphatic rings. The van der Waals surface area contributed by atoms with Crippen LogP contribution in [0, 0.1) is 11.8 Å². The van der Waals surface area contributed by atoms with Crippen LogP contribution in [0.2, 0.25) is 5.02 Å². The number of nitrogens with zero attached hydrogens (tertiary/aromatic N) is 1. The Bertz CT molecular complexity index is 917. The minimum atomic E-state index is 0.0392. The molecule has 1 aliphatic carbocycles. The van der Waals surface area contributed by atoms with E-state index in [1.54, 1.807) is 7.11 Å². The van der Waals surface area contributed by atoms with E-state index in [2.05, 4.69) is 17.0 Å². The number of ether oxygens (including phenoxy) is 2. The molecule has 0 aromatic heterocycles. The molecular weight excluding hydrogens is 410 g/mol. The first-order valence-electron chi connectivity index (χ1n) is 11.3. The van der Waals surface area contributed by atoms with Crippen LogP contribution in [0.25, 0.3) is 0 Å². The van der Waals surface area contributed by atoms with Crippen LogP contribution in [-0.2, 0) is 13.0 Å². The van der Waals surface area contributed by atoms with Gasteiger partial charge in [0, 0.05) is 23.0 Å². The number of hydrogen-bond acceptors (Lipinski definition) is 4. The minimum absolute atomic E-state index is 0.0392. The fourth-order valence-corrected chi connectivity index (χ4v) is 5.03. The fourth-order valence-electron chi connectivity index (χ4n) is 4.90. The Hall–Kier alpha value is -2.04. The highest BCUT2D eigenvalue weighted by Gasteiger charge is 2.34. The van der Waals surface area contributed by atoms with Crippen molar-refractivity contribution < 1.29 is 14.3 Å². The van der Waals surface area contributed by atoms with Gasteiger partial charge in [-0.15, -0.1) is 0 Å². The van der Waals surface area contributed by atoms with Gasteiger partial charge in [0.25, 0.3) is 0 Å². The van der Waals surface area contributed by atoms with E-state index in [-0.39, 0.29) is 17.8 Å². The topological polar surface area (TPSA) is 38.8 Å². The smallest absolute Gasteiger partial charge is 0.166 e. The summed E-state index contributed by atoms with van der Waals surface area (Å²) in [5, 5.41) is 0.783. The SMILES string of the molecule is COc1cc2c(cc1OC(C)C)C(=O)C(CC1CCN(Cc3ccc(Cl)cc3)CC1)C2. The summed E-state index contributed by atoms with van der Waals surface area (Å²) in [5.41, 5.74) is 3.22. The third-order valence-corrected chi connectivity index (χ3v) is 6.75. The molecule has 1 unspecified atom stereocenters. The van der Waals surface area contributed by atoms with Gasteiger partial charge in [-0.3, -0.25) is 9.69 Å². The number of carbonyl (C=O) groups is 1. The number of likely N-dealkylation sites (tertiary alicyclic amines) is 1. The lowest BCUT2D eigenvalue weighted by Crippen LogP contribution is -2.34. The Morgan fingerprint density at radius 1 is 1.10 bits per heavy atom. The summed E-state index contributed by atoms with van der Waals surface area (Å²) in [7, 11) is 1.65.